The van der Waals surface area contributed by atoms with E-state index in [9.17, 15) is 13.6 Å². The second-order valence-electron chi connectivity index (χ2n) is 7.85. The van der Waals surface area contributed by atoms with Gasteiger partial charge in [0.15, 0.2) is 11.4 Å². The molecular weight excluding hydrogens is 408 g/mol. The van der Waals surface area contributed by atoms with Crippen LogP contribution in [0.1, 0.15) is 29.3 Å². The summed E-state index contributed by atoms with van der Waals surface area (Å²) in [6, 6.07) is 3.16. The fraction of sp³-hybridized carbons (Fsp3) is 0.381. The molecule has 0 amide bonds. The summed E-state index contributed by atoms with van der Waals surface area (Å²) in [5.74, 6) is -0.182. The number of carbonyl (C=O) groups is 1. The van der Waals surface area contributed by atoms with Crippen molar-refractivity contribution in [2.75, 3.05) is 23.7 Å². The Kier molecular flexibility index (Phi) is 5.73. The van der Waals surface area contributed by atoms with Crippen LogP contribution in [0, 0.1) is 5.92 Å². The molecule has 8 nitrogen and oxygen atoms in total. The molecule has 0 radical (unpaired) electrons. The van der Waals surface area contributed by atoms with E-state index in [-0.39, 0.29) is 46.5 Å². The van der Waals surface area contributed by atoms with Crippen molar-refractivity contribution in [2.45, 2.75) is 32.4 Å². The van der Waals surface area contributed by atoms with E-state index < -0.39 is 6.61 Å². The van der Waals surface area contributed by atoms with Crippen molar-refractivity contribution < 1.29 is 22.7 Å². The van der Waals surface area contributed by atoms with Crippen molar-refractivity contribution in [2.24, 2.45) is 11.7 Å². The van der Waals surface area contributed by atoms with E-state index in [4.69, 9.17) is 15.9 Å². The lowest BCUT2D eigenvalue weighted by Gasteiger charge is -2.37. The Morgan fingerprint density at radius 1 is 1.39 bits per heavy atom. The summed E-state index contributed by atoms with van der Waals surface area (Å²) >= 11 is 0. The van der Waals surface area contributed by atoms with Crippen LogP contribution in [-0.2, 0) is 6.42 Å². The van der Waals surface area contributed by atoms with Gasteiger partial charge < -0.3 is 25.5 Å². The SMILES string of the molecule is C[C@@H]1C[C@H](N)CN(c2ccncc2CC(=O)c2c(N)oc3cc(OC(F)F)cnc23)C1. The van der Waals surface area contributed by atoms with Gasteiger partial charge in [0, 0.05) is 55.3 Å². The van der Waals surface area contributed by atoms with Gasteiger partial charge in [-0.25, -0.2) is 4.98 Å². The number of Topliss-reactive ketones (excluding diaryl/α,β-unsaturated/α-hetero) is 1. The molecule has 4 N–H and O–H groups in total. The highest BCUT2D eigenvalue weighted by Gasteiger charge is 2.26. The van der Waals surface area contributed by atoms with Gasteiger partial charge in [0.2, 0.25) is 5.88 Å². The fourth-order valence-electron chi connectivity index (χ4n) is 4.14. The summed E-state index contributed by atoms with van der Waals surface area (Å²) < 4.78 is 34.6. The number of ketones is 1. The van der Waals surface area contributed by atoms with E-state index in [1.54, 1.807) is 12.4 Å². The van der Waals surface area contributed by atoms with E-state index >= 15 is 0 Å². The number of nitrogens with zero attached hydrogens (tertiary/aromatic N) is 3. The van der Waals surface area contributed by atoms with Crippen LogP contribution in [0.2, 0.25) is 0 Å². The van der Waals surface area contributed by atoms with Crippen LogP contribution < -0.4 is 21.1 Å². The van der Waals surface area contributed by atoms with E-state index in [1.165, 1.54) is 6.07 Å². The van der Waals surface area contributed by atoms with Gasteiger partial charge in [-0.3, -0.25) is 9.78 Å². The Morgan fingerprint density at radius 2 is 2.19 bits per heavy atom. The molecule has 0 bridgehead atoms. The number of hydrogen-bond acceptors (Lipinski definition) is 8. The summed E-state index contributed by atoms with van der Waals surface area (Å²) in [5, 5.41) is 0. The molecule has 0 spiro atoms. The number of hydrogen-bond donors (Lipinski definition) is 2. The van der Waals surface area contributed by atoms with Gasteiger partial charge in [-0.05, 0) is 18.4 Å². The average molecular weight is 431 g/mol. The average Bonchev–Trinajstić information content (AvgIpc) is 3.02. The number of piperidine rings is 1. The topological polar surface area (TPSA) is 120 Å². The number of ether oxygens (including phenoxy) is 1. The number of halogens is 2. The molecular formula is C21H23F2N5O3. The molecule has 1 aliphatic heterocycles. The second-order valence-corrected chi connectivity index (χ2v) is 7.85. The number of anilines is 2. The van der Waals surface area contributed by atoms with E-state index in [0.717, 1.165) is 30.4 Å². The van der Waals surface area contributed by atoms with Gasteiger partial charge in [-0.15, -0.1) is 0 Å². The summed E-state index contributed by atoms with van der Waals surface area (Å²) in [4.78, 5) is 23.5. The quantitative estimate of drug-likeness (QED) is 0.572. The Bertz CT molecular complexity index is 1090. The second kappa shape index (κ2) is 8.46. The minimum absolute atomic E-state index is 0.0269. The molecule has 0 unspecified atom stereocenters. The first-order valence-electron chi connectivity index (χ1n) is 9.91. The van der Waals surface area contributed by atoms with E-state index in [0.29, 0.717) is 12.5 Å². The Hall–Kier alpha value is -3.27. The molecule has 1 aliphatic rings. The van der Waals surface area contributed by atoms with Crippen molar-refractivity contribution in [3.63, 3.8) is 0 Å². The van der Waals surface area contributed by atoms with Crippen LogP contribution in [0.3, 0.4) is 0 Å². The summed E-state index contributed by atoms with van der Waals surface area (Å²) in [5.41, 5.74) is 14.1. The Morgan fingerprint density at radius 3 is 2.94 bits per heavy atom. The maximum atomic E-state index is 13.1. The van der Waals surface area contributed by atoms with Gasteiger partial charge in [-0.2, -0.15) is 8.78 Å². The van der Waals surface area contributed by atoms with Gasteiger partial charge in [0.1, 0.15) is 16.8 Å². The van der Waals surface area contributed by atoms with Crippen LogP contribution in [-0.4, -0.2) is 41.5 Å². The van der Waals surface area contributed by atoms with Crippen molar-refractivity contribution in [3.05, 3.63) is 41.9 Å². The smallest absolute Gasteiger partial charge is 0.387 e. The van der Waals surface area contributed by atoms with Crippen LogP contribution in [0.5, 0.6) is 5.75 Å². The minimum Gasteiger partial charge on any atom is -0.438 e. The molecule has 164 valence electrons. The monoisotopic (exact) mass is 431 g/mol. The minimum atomic E-state index is -3.00. The molecule has 3 aromatic rings. The number of aromatic nitrogens is 2. The number of carbonyl (C=O) groups excluding carboxylic acids is 1. The number of nitrogens with two attached hydrogens (primary N) is 2. The van der Waals surface area contributed by atoms with Crippen molar-refractivity contribution in [1.29, 1.82) is 0 Å². The first-order chi connectivity index (χ1) is 14.8. The van der Waals surface area contributed by atoms with Crippen molar-refractivity contribution in [3.8, 4) is 5.75 Å². The molecule has 2 atom stereocenters. The van der Waals surface area contributed by atoms with Crippen molar-refractivity contribution in [1.82, 2.24) is 9.97 Å². The van der Waals surface area contributed by atoms with E-state index in [2.05, 4.69) is 26.5 Å². The normalized spacial score (nSPS) is 19.2. The van der Waals surface area contributed by atoms with Crippen LogP contribution >= 0.6 is 0 Å². The van der Waals surface area contributed by atoms with Crippen LogP contribution in [0.15, 0.2) is 35.1 Å². The summed E-state index contributed by atoms with van der Waals surface area (Å²) in [6.45, 7) is 0.682. The number of rotatable bonds is 6. The molecule has 0 aromatic carbocycles. The van der Waals surface area contributed by atoms with Gasteiger partial charge in [-0.1, -0.05) is 6.92 Å². The molecule has 4 heterocycles. The third-order valence-corrected chi connectivity index (χ3v) is 5.30. The highest BCUT2D eigenvalue weighted by Crippen LogP contribution is 2.32. The molecule has 1 saturated heterocycles. The first kappa shape index (κ1) is 21.0. The predicted octanol–water partition coefficient (Wildman–Crippen LogP) is 3.01. The molecule has 0 saturated carbocycles. The number of pyridine rings is 2. The maximum absolute atomic E-state index is 13.1. The molecule has 1 fully saturated rings. The Balaban J connectivity index is 1.62. The first-order valence-corrected chi connectivity index (χ1v) is 9.91. The highest BCUT2D eigenvalue weighted by atomic mass is 19.3. The summed E-state index contributed by atoms with van der Waals surface area (Å²) in [7, 11) is 0. The highest BCUT2D eigenvalue weighted by molar-refractivity contribution is 6.11. The van der Waals surface area contributed by atoms with Crippen LogP contribution in [0.4, 0.5) is 20.4 Å². The fourth-order valence-corrected chi connectivity index (χ4v) is 4.14. The number of alkyl halides is 2. The Labute approximate surface area is 177 Å². The van der Waals surface area contributed by atoms with Gasteiger partial charge >= 0.3 is 6.61 Å². The van der Waals surface area contributed by atoms with Gasteiger partial charge in [0.25, 0.3) is 0 Å². The number of fused-ring (bicyclic) bond motifs is 1. The zero-order valence-electron chi connectivity index (χ0n) is 16.9. The third kappa shape index (κ3) is 4.43. The lowest BCUT2D eigenvalue weighted by molar-refractivity contribution is -0.0500. The molecule has 3 aromatic heterocycles. The molecule has 0 aliphatic carbocycles. The molecule has 10 heteroatoms. The number of nitrogen functional groups attached to an aromatic ring is 1. The van der Waals surface area contributed by atoms with Crippen molar-refractivity contribution >= 4 is 28.5 Å². The largest absolute Gasteiger partial charge is 0.438 e. The van der Waals surface area contributed by atoms with E-state index in [1.807, 2.05) is 6.07 Å². The lowest BCUT2D eigenvalue weighted by Crippen LogP contribution is -2.46. The maximum Gasteiger partial charge on any atom is 0.387 e. The predicted molar refractivity (Wildman–Crippen MR) is 111 cm³/mol. The number of furan rings is 1. The zero-order chi connectivity index (χ0) is 22.1. The standard InChI is InChI=1S/C21H23F2N5O3/c1-11-4-13(24)10-28(9-11)15-2-3-26-7-12(15)5-16(29)18-19-17(31-20(18)25)6-14(8-27-19)30-21(22)23/h2-3,6-8,11,13,21H,4-5,9-10,24-25H2,1H3/t11-,13+/m1/s1. The third-order valence-electron chi connectivity index (χ3n) is 5.30. The zero-order valence-corrected chi connectivity index (χ0v) is 16.9. The van der Waals surface area contributed by atoms with Gasteiger partial charge in [0.05, 0.1) is 6.20 Å². The lowest BCUT2D eigenvalue weighted by atomic mass is 9.95. The van der Waals surface area contributed by atoms with Crippen LogP contribution in [0.25, 0.3) is 11.1 Å². The summed E-state index contributed by atoms with van der Waals surface area (Å²) in [6.07, 6.45) is 5.42. The molecule has 4 rings (SSSR count). The molecule has 31 heavy (non-hydrogen) atoms.